The van der Waals surface area contributed by atoms with Crippen LogP contribution < -0.4 is 9.47 Å². The van der Waals surface area contributed by atoms with Gasteiger partial charge in [0, 0.05) is 17.6 Å². The van der Waals surface area contributed by atoms with E-state index in [0.717, 1.165) is 53.5 Å². The Balaban J connectivity index is 1.84. The standard InChI is InChI=1S/C24H31ClN2O2/c1-16(2)10-11-28-20-8-9-22-23(13-20)27(14-17(3)4)24(26-22)15-29-19-7-6-18(5)21(25)12-19/h6-9,12-13,16-17H,10-11,14-15H2,1-5H3. The number of halogens is 1. The Morgan fingerprint density at radius 2 is 1.69 bits per heavy atom. The number of fused-ring (bicyclic) bond motifs is 1. The van der Waals surface area contributed by atoms with E-state index in [0.29, 0.717) is 23.5 Å². The van der Waals surface area contributed by atoms with Crippen LogP contribution in [0, 0.1) is 18.8 Å². The van der Waals surface area contributed by atoms with Crippen LogP contribution in [0.4, 0.5) is 0 Å². The average Bonchev–Trinajstić information content (AvgIpc) is 2.99. The molecule has 1 aromatic heterocycles. The van der Waals surface area contributed by atoms with Gasteiger partial charge in [0.25, 0.3) is 0 Å². The van der Waals surface area contributed by atoms with Gasteiger partial charge in [0.05, 0.1) is 17.6 Å². The highest BCUT2D eigenvalue weighted by atomic mass is 35.5. The molecule has 3 aromatic rings. The molecule has 1 heterocycles. The van der Waals surface area contributed by atoms with Crippen molar-refractivity contribution in [2.45, 2.75) is 54.2 Å². The average molecular weight is 415 g/mol. The number of aryl methyl sites for hydroxylation is 1. The zero-order chi connectivity index (χ0) is 21.0. The van der Waals surface area contributed by atoms with Gasteiger partial charge in [0.1, 0.15) is 23.9 Å². The van der Waals surface area contributed by atoms with Crippen molar-refractivity contribution >= 4 is 22.6 Å². The monoisotopic (exact) mass is 414 g/mol. The molecule has 0 saturated heterocycles. The summed E-state index contributed by atoms with van der Waals surface area (Å²) in [5, 5.41) is 0.710. The van der Waals surface area contributed by atoms with Crippen LogP contribution in [0.1, 0.15) is 45.5 Å². The molecule has 0 saturated carbocycles. The van der Waals surface area contributed by atoms with Crippen LogP contribution in [0.15, 0.2) is 36.4 Å². The van der Waals surface area contributed by atoms with Crippen molar-refractivity contribution in [3.05, 3.63) is 52.8 Å². The van der Waals surface area contributed by atoms with Gasteiger partial charge in [-0.05, 0) is 55.0 Å². The van der Waals surface area contributed by atoms with Gasteiger partial charge >= 0.3 is 0 Å². The molecule has 3 rings (SSSR count). The van der Waals surface area contributed by atoms with Gasteiger partial charge in [-0.2, -0.15) is 0 Å². The van der Waals surface area contributed by atoms with Crippen LogP contribution >= 0.6 is 11.6 Å². The van der Waals surface area contributed by atoms with Crippen molar-refractivity contribution in [2.75, 3.05) is 6.61 Å². The molecular formula is C24H31ClN2O2. The fraction of sp³-hybridized carbons (Fsp3) is 0.458. The quantitative estimate of drug-likeness (QED) is 0.392. The molecule has 0 unspecified atom stereocenters. The zero-order valence-corrected chi connectivity index (χ0v) is 18.8. The molecule has 0 radical (unpaired) electrons. The van der Waals surface area contributed by atoms with Crippen molar-refractivity contribution in [3.8, 4) is 11.5 Å². The predicted octanol–water partition coefficient (Wildman–Crippen LogP) is 6.66. The highest BCUT2D eigenvalue weighted by Crippen LogP contribution is 2.26. The summed E-state index contributed by atoms with van der Waals surface area (Å²) in [6, 6.07) is 11.9. The Morgan fingerprint density at radius 1 is 0.966 bits per heavy atom. The third-order valence-electron chi connectivity index (χ3n) is 4.82. The first kappa shape index (κ1) is 21.5. The lowest BCUT2D eigenvalue weighted by Crippen LogP contribution is -2.11. The molecular weight excluding hydrogens is 384 g/mol. The molecule has 0 aliphatic heterocycles. The van der Waals surface area contributed by atoms with Gasteiger partial charge in [-0.25, -0.2) is 4.98 Å². The highest BCUT2D eigenvalue weighted by Gasteiger charge is 2.14. The molecule has 0 spiro atoms. The molecule has 5 heteroatoms. The summed E-state index contributed by atoms with van der Waals surface area (Å²) in [6.45, 7) is 12.8. The minimum atomic E-state index is 0.393. The van der Waals surface area contributed by atoms with Crippen LogP contribution in [0.25, 0.3) is 11.0 Å². The molecule has 0 N–H and O–H groups in total. The van der Waals surface area contributed by atoms with Crippen molar-refractivity contribution in [2.24, 2.45) is 11.8 Å². The molecule has 0 fully saturated rings. The van der Waals surface area contributed by atoms with Gasteiger partial charge in [-0.1, -0.05) is 45.4 Å². The SMILES string of the molecule is Cc1ccc(OCc2nc3ccc(OCCC(C)C)cc3n2CC(C)C)cc1Cl. The molecule has 0 atom stereocenters. The maximum absolute atomic E-state index is 6.22. The second kappa shape index (κ2) is 9.53. The smallest absolute Gasteiger partial charge is 0.148 e. The molecule has 0 amide bonds. The van der Waals surface area contributed by atoms with Crippen molar-refractivity contribution < 1.29 is 9.47 Å². The lowest BCUT2D eigenvalue weighted by molar-refractivity contribution is 0.287. The Hall–Kier alpha value is -2.20. The van der Waals surface area contributed by atoms with Crippen LogP contribution in [0.3, 0.4) is 0 Å². The molecule has 0 bridgehead atoms. The summed E-state index contributed by atoms with van der Waals surface area (Å²) in [6.07, 6.45) is 1.04. The third-order valence-corrected chi connectivity index (χ3v) is 5.23. The normalized spacial score (nSPS) is 11.6. The summed E-state index contributed by atoms with van der Waals surface area (Å²) in [7, 11) is 0. The first-order valence-electron chi connectivity index (χ1n) is 10.3. The number of benzene rings is 2. The molecule has 0 aliphatic rings. The van der Waals surface area contributed by atoms with Crippen molar-refractivity contribution in [3.63, 3.8) is 0 Å². The van der Waals surface area contributed by atoms with E-state index < -0.39 is 0 Å². The van der Waals surface area contributed by atoms with Crippen molar-refractivity contribution in [1.29, 1.82) is 0 Å². The van der Waals surface area contributed by atoms with E-state index in [1.807, 2.05) is 37.3 Å². The molecule has 156 valence electrons. The third kappa shape index (κ3) is 5.66. The highest BCUT2D eigenvalue weighted by molar-refractivity contribution is 6.31. The minimum Gasteiger partial charge on any atom is -0.494 e. The van der Waals surface area contributed by atoms with Gasteiger partial charge in [0.15, 0.2) is 0 Å². The van der Waals surface area contributed by atoms with Gasteiger partial charge in [0.2, 0.25) is 0 Å². The van der Waals surface area contributed by atoms with E-state index >= 15 is 0 Å². The van der Waals surface area contributed by atoms with Crippen LogP contribution in [0.5, 0.6) is 11.5 Å². The number of aromatic nitrogens is 2. The van der Waals surface area contributed by atoms with Crippen LogP contribution in [-0.4, -0.2) is 16.2 Å². The van der Waals surface area contributed by atoms with Crippen LogP contribution in [0.2, 0.25) is 5.02 Å². The second-order valence-corrected chi connectivity index (χ2v) is 8.82. The molecule has 29 heavy (non-hydrogen) atoms. The Bertz CT molecular complexity index is 963. The first-order valence-corrected chi connectivity index (χ1v) is 10.7. The summed E-state index contributed by atoms with van der Waals surface area (Å²) in [5.74, 6) is 3.67. The predicted molar refractivity (Wildman–Crippen MR) is 120 cm³/mol. The van der Waals surface area contributed by atoms with Crippen molar-refractivity contribution in [1.82, 2.24) is 9.55 Å². The van der Waals surface area contributed by atoms with E-state index in [-0.39, 0.29) is 0 Å². The maximum Gasteiger partial charge on any atom is 0.148 e. The van der Waals surface area contributed by atoms with E-state index in [9.17, 15) is 0 Å². The van der Waals surface area contributed by atoms with E-state index in [2.05, 4.69) is 38.3 Å². The fourth-order valence-electron chi connectivity index (χ4n) is 3.14. The summed E-state index contributed by atoms with van der Waals surface area (Å²) < 4.78 is 14.2. The molecule has 4 nitrogen and oxygen atoms in total. The maximum atomic E-state index is 6.22. The van der Waals surface area contributed by atoms with E-state index in [1.165, 1.54) is 0 Å². The Morgan fingerprint density at radius 3 is 2.38 bits per heavy atom. The number of ether oxygens (including phenoxy) is 2. The summed E-state index contributed by atoms with van der Waals surface area (Å²) in [5.41, 5.74) is 3.08. The summed E-state index contributed by atoms with van der Waals surface area (Å²) >= 11 is 6.22. The number of imidazole rings is 1. The van der Waals surface area contributed by atoms with Gasteiger partial charge in [-0.15, -0.1) is 0 Å². The van der Waals surface area contributed by atoms with E-state index in [4.69, 9.17) is 26.1 Å². The minimum absolute atomic E-state index is 0.393. The van der Waals surface area contributed by atoms with E-state index in [1.54, 1.807) is 0 Å². The second-order valence-electron chi connectivity index (χ2n) is 8.41. The number of hydrogen-bond acceptors (Lipinski definition) is 3. The molecule has 2 aromatic carbocycles. The first-order chi connectivity index (χ1) is 13.8. The Kier molecular flexibility index (Phi) is 7.07. The zero-order valence-electron chi connectivity index (χ0n) is 18.0. The summed E-state index contributed by atoms with van der Waals surface area (Å²) in [4.78, 5) is 4.82. The number of hydrogen-bond donors (Lipinski definition) is 0. The van der Waals surface area contributed by atoms with Crippen LogP contribution in [-0.2, 0) is 13.2 Å². The van der Waals surface area contributed by atoms with Gasteiger partial charge < -0.3 is 14.0 Å². The largest absolute Gasteiger partial charge is 0.494 e. The van der Waals surface area contributed by atoms with Gasteiger partial charge in [-0.3, -0.25) is 0 Å². The molecule has 0 aliphatic carbocycles. The fourth-order valence-corrected chi connectivity index (χ4v) is 3.32. The topological polar surface area (TPSA) is 36.3 Å². The number of nitrogens with zero attached hydrogens (tertiary/aromatic N) is 2. The number of rotatable bonds is 9. The lowest BCUT2D eigenvalue weighted by Gasteiger charge is -2.13. The lowest BCUT2D eigenvalue weighted by atomic mass is 10.1. The Labute approximate surface area is 178 Å².